The minimum Gasteiger partial charge on any atom is -0.376 e. The van der Waals surface area contributed by atoms with E-state index in [4.69, 9.17) is 15.0 Å². The van der Waals surface area contributed by atoms with Gasteiger partial charge in [-0.05, 0) is 59.8 Å². The smallest absolute Gasteiger partial charge is 0.160 e. The number of rotatable bonds is 17. The van der Waals surface area contributed by atoms with Crippen molar-refractivity contribution in [2.45, 2.75) is 98.8 Å². The predicted octanol–water partition coefficient (Wildman–Crippen LogP) is 5.16. The third kappa shape index (κ3) is 13.0. The van der Waals surface area contributed by atoms with Crippen LogP contribution in [0.1, 0.15) is 81.6 Å². The van der Waals surface area contributed by atoms with Crippen molar-refractivity contribution in [1.82, 2.24) is 10.2 Å². The summed E-state index contributed by atoms with van der Waals surface area (Å²) in [6.45, 7) is 20.4. The monoisotopic (exact) mass is 440 g/mol. The lowest BCUT2D eigenvalue weighted by Crippen LogP contribution is -2.43. The molecule has 182 valence electrons. The molecule has 0 aliphatic rings. The number of Topliss-reactive ketones (excluding diaryl/α,β-unsaturated/α-hetero) is 1. The van der Waals surface area contributed by atoms with Gasteiger partial charge in [0.15, 0.2) is 5.78 Å². The van der Waals surface area contributed by atoms with Crippen molar-refractivity contribution < 1.29 is 14.3 Å². The van der Waals surface area contributed by atoms with Crippen LogP contribution in [0, 0.1) is 10.9 Å². The Morgan fingerprint density at radius 3 is 2.32 bits per heavy atom. The maximum atomic E-state index is 11.5. The molecule has 0 aliphatic carbocycles. The second kappa shape index (κ2) is 13.3. The largest absolute Gasteiger partial charge is 0.376 e. The molecule has 0 heterocycles. The van der Waals surface area contributed by atoms with Crippen LogP contribution in [0.15, 0.2) is 17.0 Å². The minimum atomic E-state index is -0.737. The average Bonchev–Trinajstić information content (AvgIpc) is 2.65. The minimum absolute atomic E-state index is 0.0319. The molecule has 7 heteroatoms. The maximum absolute atomic E-state index is 11.5. The van der Waals surface area contributed by atoms with Crippen molar-refractivity contribution in [3.8, 4) is 0 Å². The fourth-order valence-electron chi connectivity index (χ4n) is 2.94. The van der Waals surface area contributed by atoms with E-state index in [1.54, 1.807) is 20.8 Å². The van der Waals surface area contributed by atoms with Gasteiger partial charge in [-0.25, -0.2) is 5.53 Å². The first-order chi connectivity index (χ1) is 14.2. The van der Waals surface area contributed by atoms with Crippen molar-refractivity contribution in [3.05, 3.63) is 11.9 Å². The molecule has 1 unspecified atom stereocenters. The van der Waals surface area contributed by atoms with Gasteiger partial charge in [0, 0.05) is 38.0 Å². The lowest BCUT2D eigenvalue weighted by atomic mass is 9.83. The molecule has 0 fully saturated rings. The second-order valence-corrected chi connectivity index (χ2v) is 10.5. The van der Waals surface area contributed by atoms with Crippen molar-refractivity contribution in [2.75, 3.05) is 33.4 Å². The summed E-state index contributed by atoms with van der Waals surface area (Å²) in [4.78, 5) is 13.7. The SMILES string of the molecule is CCC(C)(C)CC(C)N(C)/C=C(/COCCNC(C)(C)CCOC(C)(C)C(C)=O)N=N. The Bertz CT molecular complexity index is 585. The number of hydrogen-bond donors (Lipinski definition) is 2. The van der Waals surface area contributed by atoms with Crippen LogP contribution in [0.5, 0.6) is 0 Å². The lowest BCUT2D eigenvalue weighted by Gasteiger charge is -2.32. The standard InChI is InChI=1S/C24H48N4O3/c1-11-22(4,5)16-19(2)28(10)17-21(27-25)18-30-15-13-26-23(6,7)12-14-31-24(8,9)20(3)29/h17,19,25-26H,11-16,18H2,1-10H3/b21-17-,27-25?. The highest BCUT2D eigenvalue weighted by Crippen LogP contribution is 2.27. The van der Waals surface area contributed by atoms with Crippen molar-refractivity contribution in [2.24, 2.45) is 10.5 Å². The van der Waals surface area contributed by atoms with E-state index in [9.17, 15) is 4.79 Å². The van der Waals surface area contributed by atoms with Crippen LogP contribution in [0.2, 0.25) is 0 Å². The van der Waals surface area contributed by atoms with Crippen LogP contribution in [0.4, 0.5) is 0 Å². The molecule has 2 N–H and O–H groups in total. The van der Waals surface area contributed by atoms with Crippen molar-refractivity contribution >= 4 is 5.78 Å². The first-order valence-electron chi connectivity index (χ1n) is 11.4. The van der Waals surface area contributed by atoms with Crippen molar-refractivity contribution in [3.63, 3.8) is 0 Å². The van der Waals surface area contributed by atoms with Gasteiger partial charge in [0.05, 0.1) is 13.2 Å². The second-order valence-electron chi connectivity index (χ2n) is 10.5. The van der Waals surface area contributed by atoms with Gasteiger partial charge in [0.2, 0.25) is 0 Å². The lowest BCUT2D eigenvalue weighted by molar-refractivity contribution is -0.138. The van der Waals surface area contributed by atoms with E-state index >= 15 is 0 Å². The van der Waals surface area contributed by atoms with E-state index in [-0.39, 0.29) is 11.3 Å². The summed E-state index contributed by atoms with van der Waals surface area (Å²) < 4.78 is 11.5. The van der Waals surface area contributed by atoms with Gasteiger partial charge in [-0.15, -0.1) is 0 Å². The summed E-state index contributed by atoms with van der Waals surface area (Å²) in [6, 6.07) is 0.365. The average molecular weight is 441 g/mol. The van der Waals surface area contributed by atoms with E-state index in [0.29, 0.717) is 43.5 Å². The molecule has 7 nitrogen and oxygen atoms in total. The number of ketones is 1. The van der Waals surface area contributed by atoms with E-state index < -0.39 is 5.60 Å². The highest BCUT2D eigenvalue weighted by molar-refractivity contribution is 5.83. The number of hydrogen-bond acceptors (Lipinski definition) is 7. The van der Waals surface area contributed by atoms with E-state index in [1.165, 1.54) is 0 Å². The van der Waals surface area contributed by atoms with Gasteiger partial charge in [0.1, 0.15) is 11.3 Å². The molecule has 0 spiro atoms. The zero-order valence-corrected chi connectivity index (χ0v) is 21.7. The van der Waals surface area contributed by atoms with E-state index in [2.05, 4.69) is 56.9 Å². The van der Waals surface area contributed by atoms with Crippen LogP contribution in [0.25, 0.3) is 0 Å². The van der Waals surface area contributed by atoms with Crippen LogP contribution in [0.3, 0.4) is 0 Å². The molecule has 0 aromatic carbocycles. The van der Waals surface area contributed by atoms with Gasteiger partial charge in [0.25, 0.3) is 0 Å². The Kier molecular flexibility index (Phi) is 12.7. The Labute approximate surface area is 190 Å². The normalized spacial score (nSPS) is 14.5. The van der Waals surface area contributed by atoms with Gasteiger partial charge in [-0.2, -0.15) is 5.11 Å². The van der Waals surface area contributed by atoms with Crippen molar-refractivity contribution in [1.29, 1.82) is 5.53 Å². The predicted molar refractivity (Wildman–Crippen MR) is 127 cm³/mol. The molecule has 0 amide bonds. The van der Waals surface area contributed by atoms with Crippen LogP contribution >= 0.6 is 0 Å². The Morgan fingerprint density at radius 1 is 1.19 bits per heavy atom. The molecule has 0 aromatic heterocycles. The van der Waals surface area contributed by atoms with Gasteiger partial charge < -0.3 is 19.7 Å². The van der Waals surface area contributed by atoms with E-state index in [0.717, 1.165) is 19.3 Å². The Morgan fingerprint density at radius 2 is 1.81 bits per heavy atom. The molecule has 0 aliphatic heterocycles. The fraction of sp³-hybridized carbons (Fsp3) is 0.875. The zero-order chi connectivity index (χ0) is 24.3. The zero-order valence-electron chi connectivity index (χ0n) is 21.7. The third-order valence-electron chi connectivity index (χ3n) is 6.13. The van der Waals surface area contributed by atoms with Crippen LogP contribution in [-0.2, 0) is 14.3 Å². The maximum Gasteiger partial charge on any atom is 0.160 e. The summed E-state index contributed by atoms with van der Waals surface area (Å²) in [5.74, 6) is 0.0319. The number of nitrogens with one attached hydrogen (secondary N) is 2. The Hall–Kier alpha value is -1.31. The molecule has 31 heavy (non-hydrogen) atoms. The summed E-state index contributed by atoms with van der Waals surface area (Å²) in [5, 5.41) is 7.09. The molecular formula is C24H48N4O3. The Balaban J connectivity index is 4.34. The number of nitrogens with zero attached hydrogens (tertiary/aromatic N) is 2. The van der Waals surface area contributed by atoms with Crippen LogP contribution in [-0.4, -0.2) is 61.3 Å². The molecular weight excluding hydrogens is 392 g/mol. The first kappa shape index (κ1) is 29.7. The molecule has 0 bridgehead atoms. The molecule has 0 saturated carbocycles. The molecule has 0 rings (SSSR count). The van der Waals surface area contributed by atoms with E-state index in [1.807, 2.05) is 13.2 Å². The topological polar surface area (TPSA) is 87.0 Å². The number of ether oxygens (including phenoxy) is 2. The number of carbonyl (C=O) groups excluding carboxylic acids is 1. The van der Waals surface area contributed by atoms with Gasteiger partial charge in [-0.3, -0.25) is 4.79 Å². The first-order valence-corrected chi connectivity index (χ1v) is 11.4. The third-order valence-corrected chi connectivity index (χ3v) is 6.13. The summed E-state index contributed by atoms with van der Waals surface area (Å²) >= 11 is 0. The summed E-state index contributed by atoms with van der Waals surface area (Å²) in [5.41, 5.74) is 7.48. The molecule has 0 aromatic rings. The highest BCUT2D eigenvalue weighted by atomic mass is 16.5. The van der Waals surface area contributed by atoms with Gasteiger partial charge >= 0.3 is 0 Å². The number of carbonyl (C=O) groups is 1. The summed E-state index contributed by atoms with van der Waals surface area (Å²) in [6.07, 6.45) is 4.91. The van der Waals surface area contributed by atoms with Crippen LogP contribution < -0.4 is 5.32 Å². The molecule has 1 atom stereocenters. The quantitative estimate of drug-likeness (QED) is 0.241. The molecule has 0 saturated heterocycles. The fourth-order valence-corrected chi connectivity index (χ4v) is 2.94. The van der Waals surface area contributed by atoms with Gasteiger partial charge in [-0.1, -0.05) is 27.2 Å². The highest BCUT2D eigenvalue weighted by Gasteiger charge is 2.26. The summed E-state index contributed by atoms with van der Waals surface area (Å²) in [7, 11) is 2.03. The molecule has 0 radical (unpaired) electrons.